The lowest BCUT2D eigenvalue weighted by Crippen LogP contribution is -2.20. The van der Waals surface area contributed by atoms with Crippen molar-refractivity contribution >= 4 is 23.4 Å². The van der Waals surface area contributed by atoms with Crippen molar-refractivity contribution in [3.63, 3.8) is 0 Å². The number of anilines is 1. The molecule has 26 heavy (non-hydrogen) atoms. The number of para-hydroxylation sites is 2. The summed E-state index contributed by atoms with van der Waals surface area (Å²) in [5.41, 5.74) is 1.67. The van der Waals surface area contributed by atoms with E-state index in [1.54, 1.807) is 6.92 Å². The third kappa shape index (κ3) is 5.62. The molecule has 0 unspecified atom stereocenters. The zero-order chi connectivity index (χ0) is 18.9. The van der Waals surface area contributed by atoms with E-state index in [-0.39, 0.29) is 17.9 Å². The number of aryl methyl sites for hydroxylation is 1. The fourth-order valence-corrected chi connectivity index (χ4v) is 2.87. The number of H-pyrrole nitrogens is 1. The van der Waals surface area contributed by atoms with Crippen LogP contribution in [0.4, 0.5) is 5.69 Å². The molecule has 1 amide bonds. The van der Waals surface area contributed by atoms with Crippen LogP contribution in [0.25, 0.3) is 0 Å². The second kappa shape index (κ2) is 10.0. The van der Waals surface area contributed by atoms with Gasteiger partial charge in [-0.15, -0.1) is 0 Å². The van der Waals surface area contributed by atoms with E-state index in [2.05, 4.69) is 22.2 Å². The Bertz CT molecular complexity index is 805. The zero-order valence-corrected chi connectivity index (χ0v) is 16.2. The van der Waals surface area contributed by atoms with Crippen LogP contribution in [0.2, 0.25) is 0 Å². The van der Waals surface area contributed by atoms with E-state index < -0.39 is 0 Å². The van der Waals surface area contributed by atoms with Gasteiger partial charge in [0, 0.05) is 17.7 Å². The Morgan fingerprint density at radius 2 is 2.12 bits per heavy atom. The molecule has 0 aliphatic rings. The molecule has 0 aliphatic heterocycles. The monoisotopic (exact) mass is 375 g/mol. The molecule has 2 aromatic rings. The number of carbonyl (C=O) groups excluding carboxylic acids is 1. The van der Waals surface area contributed by atoms with Gasteiger partial charge >= 0.3 is 0 Å². The summed E-state index contributed by atoms with van der Waals surface area (Å²) < 4.78 is 5.72. The van der Waals surface area contributed by atoms with E-state index in [4.69, 9.17) is 4.74 Å². The summed E-state index contributed by atoms with van der Waals surface area (Å²) in [6.07, 6.45) is 4.40. The molecular weight excluding hydrogens is 350 g/mol. The van der Waals surface area contributed by atoms with Crippen molar-refractivity contribution in [1.29, 1.82) is 0 Å². The maximum absolute atomic E-state index is 12.3. The summed E-state index contributed by atoms with van der Waals surface area (Å²) in [5, 5.41) is 3.45. The molecule has 1 aromatic carbocycles. The highest BCUT2D eigenvalue weighted by Crippen LogP contribution is 2.24. The van der Waals surface area contributed by atoms with Crippen molar-refractivity contribution < 1.29 is 9.53 Å². The molecular formula is C19H25N3O3S. The van der Waals surface area contributed by atoms with Crippen LogP contribution in [-0.4, -0.2) is 28.7 Å². The maximum Gasteiger partial charge on any atom is 0.254 e. The minimum atomic E-state index is -0.182. The summed E-state index contributed by atoms with van der Waals surface area (Å²) in [7, 11) is 0. The number of nitrogens with zero attached hydrogens (tertiary/aromatic N) is 1. The van der Waals surface area contributed by atoms with Crippen molar-refractivity contribution in [3.8, 4) is 5.75 Å². The van der Waals surface area contributed by atoms with Crippen molar-refractivity contribution in [2.24, 2.45) is 0 Å². The highest BCUT2D eigenvalue weighted by molar-refractivity contribution is 7.98. The average molecular weight is 375 g/mol. The quantitative estimate of drug-likeness (QED) is 0.398. The molecule has 2 rings (SSSR count). The van der Waals surface area contributed by atoms with Gasteiger partial charge in [-0.3, -0.25) is 9.59 Å². The first kappa shape index (κ1) is 20.0. The summed E-state index contributed by atoms with van der Waals surface area (Å²) in [4.78, 5) is 31.5. The average Bonchev–Trinajstić information content (AvgIpc) is 2.62. The number of thioether (sulfide) groups is 1. The van der Waals surface area contributed by atoms with E-state index in [0.717, 1.165) is 12.8 Å². The predicted octanol–water partition coefficient (Wildman–Crippen LogP) is 3.55. The Morgan fingerprint density at radius 3 is 2.81 bits per heavy atom. The first-order valence-corrected chi connectivity index (χ1v) is 9.93. The Labute approximate surface area is 157 Å². The third-order valence-corrected chi connectivity index (χ3v) is 4.49. The lowest BCUT2D eigenvalue weighted by atomic mass is 10.1. The van der Waals surface area contributed by atoms with Gasteiger partial charge < -0.3 is 15.0 Å². The second-order valence-electron chi connectivity index (χ2n) is 5.89. The van der Waals surface area contributed by atoms with E-state index in [1.165, 1.54) is 11.8 Å². The molecule has 1 heterocycles. The summed E-state index contributed by atoms with van der Waals surface area (Å²) in [6, 6.07) is 7.37. The van der Waals surface area contributed by atoms with E-state index >= 15 is 0 Å². The van der Waals surface area contributed by atoms with Gasteiger partial charge in [-0.25, -0.2) is 4.98 Å². The van der Waals surface area contributed by atoms with E-state index in [9.17, 15) is 9.59 Å². The van der Waals surface area contributed by atoms with Crippen LogP contribution in [0.15, 0.2) is 34.2 Å². The third-order valence-electron chi connectivity index (χ3n) is 3.91. The van der Waals surface area contributed by atoms with Gasteiger partial charge in [-0.2, -0.15) is 0 Å². The standard InChI is InChI=1S/C19H25N3O3S/c1-4-5-12-25-16-9-7-6-8-15(16)21-17(23)11-10-14-13(2)20-19(26-3)22-18(14)24/h6-9H,4-5,10-12H2,1-3H3,(H,21,23)(H,20,22,24). The van der Waals surface area contributed by atoms with E-state index in [0.29, 0.717) is 40.9 Å². The number of ether oxygens (including phenoxy) is 1. The Kier molecular flexibility index (Phi) is 7.72. The second-order valence-corrected chi connectivity index (χ2v) is 6.68. The van der Waals surface area contributed by atoms with E-state index in [1.807, 2.05) is 30.5 Å². The fraction of sp³-hybridized carbons (Fsp3) is 0.421. The van der Waals surface area contributed by atoms with Crippen LogP contribution in [0.1, 0.15) is 37.4 Å². The summed E-state index contributed by atoms with van der Waals surface area (Å²) >= 11 is 1.38. The normalized spacial score (nSPS) is 10.6. The van der Waals surface area contributed by atoms with Crippen LogP contribution in [0.5, 0.6) is 5.75 Å². The Hall–Kier alpha value is -2.28. The molecule has 0 atom stereocenters. The lowest BCUT2D eigenvalue weighted by Gasteiger charge is -2.12. The Morgan fingerprint density at radius 1 is 1.35 bits per heavy atom. The number of unbranched alkanes of at least 4 members (excludes halogenated alkanes) is 1. The molecule has 7 heteroatoms. The number of carbonyl (C=O) groups is 1. The van der Waals surface area contributed by atoms with Crippen LogP contribution < -0.4 is 15.6 Å². The molecule has 0 aliphatic carbocycles. The number of benzene rings is 1. The first-order chi connectivity index (χ1) is 12.5. The number of aromatic amines is 1. The highest BCUT2D eigenvalue weighted by Gasteiger charge is 2.12. The van der Waals surface area contributed by atoms with Crippen LogP contribution in [-0.2, 0) is 11.2 Å². The Balaban J connectivity index is 1.99. The molecule has 0 saturated heterocycles. The number of aromatic nitrogens is 2. The van der Waals surface area contributed by atoms with Gasteiger partial charge in [0.25, 0.3) is 5.56 Å². The van der Waals surface area contributed by atoms with Crippen molar-refractivity contribution in [2.45, 2.75) is 44.7 Å². The molecule has 0 saturated carbocycles. The molecule has 0 spiro atoms. The molecule has 0 radical (unpaired) electrons. The smallest absolute Gasteiger partial charge is 0.254 e. The van der Waals surface area contributed by atoms with Crippen LogP contribution in [0.3, 0.4) is 0 Å². The molecule has 0 fully saturated rings. The highest BCUT2D eigenvalue weighted by atomic mass is 32.2. The van der Waals surface area contributed by atoms with Gasteiger partial charge in [0.2, 0.25) is 5.91 Å². The summed E-state index contributed by atoms with van der Waals surface area (Å²) in [6.45, 7) is 4.51. The minimum absolute atomic E-state index is 0.163. The number of amides is 1. The number of hydrogen-bond donors (Lipinski definition) is 2. The fourth-order valence-electron chi connectivity index (χ4n) is 2.45. The van der Waals surface area contributed by atoms with Gasteiger partial charge in [-0.05, 0) is 38.2 Å². The maximum atomic E-state index is 12.3. The zero-order valence-electron chi connectivity index (χ0n) is 15.4. The largest absolute Gasteiger partial charge is 0.491 e. The van der Waals surface area contributed by atoms with Gasteiger partial charge in [0.1, 0.15) is 5.75 Å². The molecule has 0 bridgehead atoms. The first-order valence-electron chi connectivity index (χ1n) is 8.70. The van der Waals surface area contributed by atoms with Crippen LogP contribution >= 0.6 is 11.8 Å². The number of nitrogens with one attached hydrogen (secondary N) is 2. The number of hydrogen-bond acceptors (Lipinski definition) is 5. The van der Waals surface area contributed by atoms with Gasteiger partial charge in [0.05, 0.1) is 12.3 Å². The predicted molar refractivity (Wildman–Crippen MR) is 105 cm³/mol. The molecule has 2 N–H and O–H groups in total. The van der Waals surface area contributed by atoms with Gasteiger partial charge in [-0.1, -0.05) is 37.2 Å². The van der Waals surface area contributed by atoms with Crippen molar-refractivity contribution in [2.75, 3.05) is 18.2 Å². The topological polar surface area (TPSA) is 84.1 Å². The summed E-state index contributed by atoms with van der Waals surface area (Å²) in [5.74, 6) is 0.499. The minimum Gasteiger partial charge on any atom is -0.491 e. The SMILES string of the molecule is CCCCOc1ccccc1NC(=O)CCc1c(C)nc(SC)[nH]c1=O. The molecule has 140 valence electrons. The number of rotatable bonds is 9. The molecule has 6 nitrogen and oxygen atoms in total. The van der Waals surface area contributed by atoms with Gasteiger partial charge in [0.15, 0.2) is 5.16 Å². The lowest BCUT2D eigenvalue weighted by molar-refractivity contribution is -0.116. The molecule has 1 aromatic heterocycles. The van der Waals surface area contributed by atoms with Crippen LogP contribution in [0, 0.1) is 6.92 Å². The van der Waals surface area contributed by atoms with Crippen molar-refractivity contribution in [3.05, 3.63) is 45.9 Å². The van der Waals surface area contributed by atoms with Crippen molar-refractivity contribution in [1.82, 2.24) is 9.97 Å².